The second-order valence-corrected chi connectivity index (χ2v) is 9.24. The van der Waals surface area contributed by atoms with Gasteiger partial charge in [-0.05, 0) is 41.5 Å². The van der Waals surface area contributed by atoms with Crippen molar-refractivity contribution in [3.05, 3.63) is 75.6 Å². The Morgan fingerprint density at radius 3 is 2.19 bits per heavy atom. The lowest BCUT2D eigenvalue weighted by molar-refractivity contribution is -0.139. The van der Waals surface area contributed by atoms with Gasteiger partial charge in [-0.15, -0.1) is 0 Å². The van der Waals surface area contributed by atoms with Crippen molar-refractivity contribution in [2.75, 3.05) is 0 Å². The molecule has 0 aliphatic heterocycles. The summed E-state index contributed by atoms with van der Waals surface area (Å²) in [5, 5.41) is 17.2. The van der Waals surface area contributed by atoms with Crippen molar-refractivity contribution in [3.8, 4) is 11.8 Å². The number of primary amides is 1. The number of sulfonamides is 1. The Bertz CT molecular complexity index is 1510. The van der Waals surface area contributed by atoms with Crippen molar-refractivity contribution < 1.29 is 39.6 Å². The summed E-state index contributed by atoms with van der Waals surface area (Å²) in [6.45, 7) is 0. The third-order valence-corrected chi connectivity index (χ3v) is 6.22. The van der Waals surface area contributed by atoms with E-state index in [0.29, 0.717) is 28.9 Å². The van der Waals surface area contributed by atoms with Crippen LogP contribution in [0.2, 0.25) is 5.02 Å². The number of rotatable bonds is 5. The van der Waals surface area contributed by atoms with E-state index in [-0.39, 0.29) is 11.6 Å². The summed E-state index contributed by atoms with van der Waals surface area (Å²) < 4.78 is 107. The topological polar surface area (TPSA) is 145 Å². The number of primary sulfonamides is 1. The minimum Gasteiger partial charge on any atom is -0.369 e. The minimum absolute atomic E-state index is 0.140. The van der Waals surface area contributed by atoms with Gasteiger partial charge in [0.05, 0.1) is 34.5 Å². The zero-order chi connectivity index (χ0) is 27.2. The maximum Gasteiger partial charge on any atom is 0.416 e. The van der Waals surface area contributed by atoms with Gasteiger partial charge in [0.15, 0.2) is 0 Å². The number of nitrogens with zero attached hydrogens (tertiary/aromatic N) is 3. The fraction of sp³-hybridized carbons (Fsp3) is 0.150. The molecule has 3 rings (SSSR count). The number of nitrogens with two attached hydrogens (primary N) is 2. The van der Waals surface area contributed by atoms with Crippen LogP contribution >= 0.6 is 11.6 Å². The van der Waals surface area contributed by atoms with Crippen LogP contribution in [-0.4, -0.2) is 24.1 Å². The van der Waals surface area contributed by atoms with Crippen molar-refractivity contribution >= 4 is 27.5 Å². The normalized spacial score (nSPS) is 13.3. The van der Waals surface area contributed by atoms with Gasteiger partial charge in [-0.3, -0.25) is 4.79 Å². The summed E-state index contributed by atoms with van der Waals surface area (Å²) in [5.41, 5.74) is -0.424. The molecule has 0 saturated heterocycles. The van der Waals surface area contributed by atoms with Crippen molar-refractivity contribution in [3.63, 3.8) is 0 Å². The van der Waals surface area contributed by atoms with E-state index in [2.05, 4.69) is 5.10 Å². The lowest BCUT2D eigenvalue weighted by Gasteiger charge is -2.23. The van der Waals surface area contributed by atoms with Crippen LogP contribution in [0.5, 0.6) is 0 Å². The average molecular weight is 552 g/mol. The number of carbonyl (C=O) groups is 1. The molecule has 36 heavy (non-hydrogen) atoms. The van der Waals surface area contributed by atoms with E-state index in [0.717, 1.165) is 12.4 Å². The molecule has 0 spiro atoms. The van der Waals surface area contributed by atoms with Crippen LogP contribution in [-0.2, 0) is 27.2 Å². The molecule has 0 saturated carbocycles. The van der Waals surface area contributed by atoms with Crippen LogP contribution in [0.25, 0.3) is 5.69 Å². The molecule has 1 atom stereocenters. The highest BCUT2D eigenvalue weighted by atomic mass is 35.5. The van der Waals surface area contributed by atoms with E-state index >= 15 is 0 Å². The van der Waals surface area contributed by atoms with E-state index in [1.807, 2.05) is 0 Å². The maximum absolute atomic E-state index is 14.1. The number of hydrogen-bond donors (Lipinski definition) is 2. The van der Waals surface area contributed by atoms with Gasteiger partial charge in [0.25, 0.3) is 0 Å². The van der Waals surface area contributed by atoms with Crippen molar-refractivity contribution in [1.82, 2.24) is 9.78 Å². The molecule has 0 radical (unpaired) electrons. The molecule has 1 aromatic heterocycles. The summed E-state index contributed by atoms with van der Waals surface area (Å²) in [5.74, 6) is -3.82. The van der Waals surface area contributed by atoms with Gasteiger partial charge < -0.3 is 5.73 Å². The van der Waals surface area contributed by atoms with Gasteiger partial charge in [-0.1, -0.05) is 11.6 Å². The molecule has 3 aromatic rings. The highest BCUT2D eigenvalue weighted by Crippen LogP contribution is 2.43. The summed E-state index contributed by atoms with van der Waals surface area (Å²) in [6.07, 6.45) is -8.38. The van der Waals surface area contributed by atoms with E-state index in [1.54, 1.807) is 6.07 Å². The number of amides is 1. The number of carbonyl (C=O) groups excluding carboxylic acids is 1. The lowest BCUT2D eigenvalue weighted by atomic mass is 9.86. The Hall–Kier alpha value is -3.61. The van der Waals surface area contributed by atoms with Crippen LogP contribution in [0.15, 0.2) is 47.6 Å². The summed E-state index contributed by atoms with van der Waals surface area (Å²) >= 11 is 5.93. The number of aromatic nitrogens is 2. The van der Waals surface area contributed by atoms with Gasteiger partial charge in [-0.2, -0.15) is 36.7 Å². The first-order valence-corrected chi connectivity index (χ1v) is 11.3. The Morgan fingerprint density at radius 1 is 1.08 bits per heavy atom. The van der Waals surface area contributed by atoms with E-state index in [4.69, 9.17) is 27.7 Å². The fourth-order valence-corrected chi connectivity index (χ4v) is 4.36. The first-order valence-electron chi connectivity index (χ1n) is 9.34. The van der Waals surface area contributed by atoms with Crippen LogP contribution in [0.1, 0.15) is 33.7 Å². The van der Waals surface area contributed by atoms with Crippen molar-refractivity contribution in [2.24, 2.45) is 10.9 Å². The number of nitriles is 1. The second kappa shape index (κ2) is 9.12. The van der Waals surface area contributed by atoms with Crippen LogP contribution in [0.4, 0.5) is 26.3 Å². The average Bonchev–Trinajstić information content (AvgIpc) is 3.21. The van der Waals surface area contributed by atoms with Gasteiger partial charge in [-0.25, -0.2) is 18.2 Å². The highest BCUT2D eigenvalue weighted by Gasteiger charge is 2.41. The molecular formula is C20H12ClF6N5O3S. The monoisotopic (exact) mass is 551 g/mol. The zero-order valence-corrected chi connectivity index (χ0v) is 19.0. The van der Waals surface area contributed by atoms with Gasteiger partial charge in [0.1, 0.15) is 11.0 Å². The van der Waals surface area contributed by atoms with Crippen molar-refractivity contribution in [1.29, 1.82) is 5.26 Å². The number of benzene rings is 2. The summed E-state index contributed by atoms with van der Waals surface area (Å²) in [6, 6.07) is 3.90. The van der Waals surface area contributed by atoms with E-state index in [1.165, 1.54) is 0 Å². The molecule has 1 amide bonds. The molecule has 2 aromatic carbocycles. The molecule has 1 heterocycles. The molecule has 190 valence electrons. The Balaban J connectivity index is 2.45. The minimum atomic E-state index is -5.27. The quantitative estimate of drug-likeness (QED) is 0.464. The van der Waals surface area contributed by atoms with E-state index < -0.39 is 72.1 Å². The Kier molecular flexibility index (Phi) is 6.83. The second-order valence-electron chi connectivity index (χ2n) is 7.30. The molecular weight excluding hydrogens is 540 g/mol. The summed E-state index contributed by atoms with van der Waals surface area (Å²) in [4.78, 5) is 11.4. The first-order chi connectivity index (χ1) is 16.4. The Morgan fingerprint density at radius 2 is 1.72 bits per heavy atom. The van der Waals surface area contributed by atoms with Crippen LogP contribution < -0.4 is 10.9 Å². The molecule has 4 N–H and O–H groups in total. The number of halogens is 7. The molecule has 8 nitrogen and oxygen atoms in total. The van der Waals surface area contributed by atoms with Crippen LogP contribution in [0, 0.1) is 11.3 Å². The summed E-state index contributed by atoms with van der Waals surface area (Å²) in [7, 11) is -4.82. The van der Waals surface area contributed by atoms with Crippen molar-refractivity contribution in [2.45, 2.75) is 23.2 Å². The third-order valence-electron chi connectivity index (χ3n) is 4.93. The lowest BCUT2D eigenvalue weighted by Crippen LogP contribution is -2.27. The van der Waals surface area contributed by atoms with Crippen LogP contribution in [0.3, 0.4) is 0 Å². The van der Waals surface area contributed by atoms with Gasteiger partial charge in [0.2, 0.25) is 15.9 Å². The number of hydrogen-bond acceptors (Lipinski definition) is 5. The molecule has 16 heteroatoms. The zero-order valence-electron chi connectivity index (χ0n) is 17.4. The van der Waals surface area contributed by atoms with Gasteiger partial charge >= 0.3 is 12.4 Å². The highest BCUT2D eigenvalue weighted by molar-refractivity contribution is 7.89. The number of alkyl halides is 6. The molecule has 0 aliphatic carbocycles. The molecule has 0 bridgehead atoms. The SMILES string of the molecule is N#Cc1cnn(-c2cc(C(F)(F)F)c(C(C(N)=O)c3cc(C(F)(F)F)ccc3Cl)cc2S(N)(=O)=O)c1. The third kappa shape index (κ3) is 5.30. The van der Waals surface area contributed by atoms with Gasteiger partial charge in [0, 0.05) is 11.2 Å². The predicted octanol–water partition coefficient (Wildman–Crippen LogP) is 3.70. The van der Waals surface area contributed by atoms with E-state index in [9.17, 15) is 39.6 Å². The molecule has 0 fully saturated rings. The molecule has 0 aliphatic rings. The standard InChI is InChI=1S/C20H12ClF6N5O3S/c21-14-2-1-10(19(22,23)24)3-12(14)17(18(29)33)11-4-16(36(30,34)35)15(5-13(11)20(25,26)27)32-8-9(6-28)7-31-32/h1-5,7-8,17H,(H2,29,33)(H2,30,34,35). The smallest absolute Gasteiger partial charge is 0.369 e. The fourth-order valence-electron chi connectivity index (χ4n) is 3.40. The predicted molar refractivity (Wildman–Crippen MR) is 112 cm³/mol. The molecule has 1 unspecified atom stereocenters. The first kappa shape index (κ1) is 27.0. The largest absolute Gasteiger partial charge is 0.416 e. The Labute approximate surface area is 203 Å². The maximum atomic E-state index is 14.1.